The summed E-state index contributed by atoms with van der Waals surface area (Å²) in [6.45, 7) is 10.6. The number of fused-ring (bicyclic) bond motifs is 1. The number of nitrogens with zero attached hydrogens (tertiary/aromatic N) is 3. The zero-order chi connectivity index (χ0) is 23.6. The number of unbranched alkanes of at least 4 members (excludes halogenated alkanes) is 1. The highest BCUT2D eigenvalue weighted by Gasteiger charge is 2.36. The fraction of sp³-hybridized carbons (Fsp3) is 0.682. The lowest BCUT2D eigenvalue weighted by Gasteiger charge is -2.33. The summed E-state index contributed by atoms with van der Waals surface area (Å²) in [6.07, 6.45) is 3.05. The molecule has 2 aromatic heterocycles. The van der Waals surface area contributed by atoms with Gasteiger partial charge in [-0.25, -0.2) is 13.4 Å². The number of aromatic nitrogens is 2. The van der Waals surface area contributed by atoms with Crippen LogP contribution in [-0.4, -0.2) is 58.1 Å². The standard InChI is InChI=1S/C22H33N3O4S3/c1-6-8-10-24-21(27)19-15(4)16(5)31-20(19)23-22(24)30-12-18(26)25(14(3)7-2)17-9-11-32(28,29)13-17/h14,17H,6-13H2,1-5H3. The van der Waals surface area contributed by atoms with E-state index in [0.29, 0.717) is 28.3 Å². The van der Waals surface area contributed by atoms with Gasteiger partial charge in [0.15, 0.2) is 15.0 Å². The second-order valence-corrected chi connectivity index (χ2v) is 12.9. The molecule has 0 N–H and O–H groups in total. The Morgan fingerprint density at radius 3 is 2.66 bits per heavy atom. The summed E-state index contributed by atoms with van der Waals surface area (Å²) in [5.41, 5.74) is 0.937. The highest BCUT2D eigenvalue weighted by molar-refractivity contribution is 7.99. The summed E-state index contributed by atoms with van der Waals surface area (Å²) < 4.78 is 25.7. The minimum Gasteiger partial charge on any atom is -0.335 e. The van der Waals surface area contributed by atoms with Gasteiger partial charge >= 0.3 is 0 Å². The van der Waals surface area contributed by atoms with Crippen LogP contribution in [0.3, 0.4) is 0 Å². The number of sulfone groups is 1. The summed E-state index contributed by atoms with van der Waals surface area (Å²) in [7, 11) is -3.09. The van der Waals surface area contributed by atoms with Crippen LogP contribution in [0.25, 0.3) is 10.2 Å². The van der Waals surface area contributed by atoms with Crippen molar-refractivity contribution in [3.8, 4) is 0 Å². The zero-order valence-electron chi connectivity index (χ0n) is 19.5. The van der Waals surface area contributed by atoms with Crippen molar-refractivity contribution in [3.63, 3.8) is 0 Å². The van der Waals surface area contributed by atoms with Crippen molar-refractivity contribution < 1.29 is 13.2 Å². The van der Waals surface area contributed by atoms with Crippen LogP contribution in [0, 0.1) is 13.8 Å². The van der Waals surface area contributed by atoms with Crippen LogP contribution in [0.15, 0.2) is 9.95 Å². The van der Waals surface area contributed by atoms with E-state index >= 15 is 0 Å². The first-order valence-corrected chi connectivity index (χ1v) is 14.9. The number of carbonyl (C=O) groups excluding carboxylic acids is 1. The Hall–Kier alpha value is -1.39. The topological polar surface area (TPSA) is 89.3 Å². The van der Waals surface area contributed by atoms with E-state index in [0.717, 1.165) is 29.7 Å². The minimum absolute atomic E-state index is 0.0346. The van der Waals surface area contributed by atoms with Gasteiger partial charge in [-0.1, -0.05) is 32.0 Å². The average Bonchev–Trinajstić information content (AvgIpc) is 3.23. The van der Waals surface area contributed by atoms with Crippen LogP contribution in [0.5, 0.6) is 0 Å². The van der Waals surface area contributed by atoms with Gasteiger partial charge < -0.3 is 4.90 Å². The second kappa shape index (κ2) is 10.3. The van der Waals surface area contributed by atoms with Crippen LogP contribution in [0.2, 0.25) is 0 Å². The first-order chi connectivity index (χ1) is 15.1. The first kappa shape index (κ1) is 25.2. The molecule has 0 spiro atoms. The molecule has 1 saturated heterocycles. The normalized spacial score (nSPS) is 18.8. The van der Waals surface area contributed by atoms with Crippen molar-refractivity contribution in [2.75, 3.05) is 17.3 Å². The van der Waals surface area contributed by atoms with E-state index in [1.54, 1.807) is 9.47 Å². The maximum absolute atomic E-state index is 13.3. The summed E-state index contributed by atoms with van der Waals surface area (Å²) >= 11 is 2.79. The summed E-state index contributed by atoms with van der Waals surface area (Å²) in [6, 6.07) is -0.315. The Labute approximate surface area is 198 Å². The predicted octanol–water partition coefficient (Wildman–Crippen LogP) is 3.78. The maximum Gasteiger partial charge on any atom is 0.263 e. The molecule has 2 aromatic rings. The van der Waals surface area contributed by atoms with Gasteiger partial charge in [-0.2, -0.15) is 0 Å². The van der Waals surface area contributed by atoms with Crippen LogP contribution in [-0.2, 0) is 21.2 Å². The molecule has 3 heterocycles. The summed E-state index contributed by atoms with van der Waals surface area (Å²) in [4.78, 5) is 34.8. The number of hydrogen-bond acceptors (Lipinski definition) is 7. The van der Waals surface area contributed by atoms with E-state index in [1.165, 1.54) is 23.1 Å². The van der Waals surface area contributed by atoms with Crippen LogP contribution < -0.4 is 5.56 Å². The van der Waals surface area contributed by atoms with Gasteiger partial charge in [0.2, 0.25) is 5.91 Å². The van der Waals surface area contributed by atoms with Crippen molar-refractivity contribution in [1.29, 1.82) is 0 Å². The van der Waals surface area contributed by atoms with Crippen molar-refractivity contribution >= 4 is 49.1 Å². The monoisotopic (exact) mass is 499 g/mol. The quantitative estimate of drug-likeness (QED) is 0.385. The third-order valence-electron chi connectivity index (χ3n) is 6.27. The van der Waals surface area contributed by atoms with E-state index in [1.807, 2.05) is 27.7 Å². The third-order valence-corrected chi connectivity index (χ3v) is 10.1. The molecule has 7 nitrogen and oxygen atoms in total. The molecule has 2 unspecified atom stereocenters. The minimum atomic E-state index is -3.09. The van der Waals surface area contributed by atoms with Crippen molar-refractivity contribution in [3.05, 3.63) is 20.8 Å². The van der Waals surface area contributed by atoms with E-state index in [-0.39, 0.29) is 40.8 Å². The van der Waals surface area contributed by atoms with E-state index < -0.39 is 9.84 Å². The molecule has 2 atom stereocenters. The Morgan fingerprint density at radius 1 is 1.34 bits per heavy atom. The number of thiophene rings is 1. The highest BCUT2D eigenvalue weighted by Crippen LogP contribution is 2.29. The van der Waals surface area contributed by atoms with Gasteiger partial charge in [0, 0.05) is 23.5 Å². The van der Waals surface area contributed by atoms with Crippen LogP contribution >= 0.6 is 23.1 Å². The van der Waals surface area contributed by atoms with Gasteiger partial charge in [-0.3, -0.25) is 14.2 Å². The summed E-state index contributed by atoms with van der Waals surface area (Å²) in [5.74, 6) is 0.208. The average molecular weight is 500 g/mol. The number of carbonyl (C=O) groups is 1. The molecule has 0 aromatic carbocycles. The number of rotatable bonds is 9. The van der Waals surface area contributed by atoms with Gasteiger partial charge in [-0.05, 0) is 45.6 Å². The molecule has 0 saturated carbocycles. The van der Waals surface area contributed by atoms with E-state index in [4.69, 9.17) is 4.98 Å². The number of amides is 1. The molecular formula is C22H33N3O4S3. The molecule has 1 fully saturated rings. The van der Waals surface area contributed by atoms with Gasteiger partial charge in [0.05, 0.1) is 22.6 Å². The Morgan fingerprint density at radius 2 is 2.06 bits per heavy atom. The zero-order valence-corrected chi connectivity index (χ0v) is 22.0. The molecule has 0 radical (unpaired) electrons. The van der Waals surface area contributed by atoms with Crippen molar-refractivity contribution in [2.24, 2.45) is 0 Å². The highest BCUT2D eigenvalue weighted by atomic mass is 32.2. The predicted molar refractivity (Wildman–Crippen MR) is 133 cm³/mol. The third kappa shape index (κ3) is 5.22. The van der Waals surface area contributed by atoms with Crippen LogP contribution in [0.4, 0.5) is 0 Å². The SMILES string of the molecule is CCCCn1c(SCC(=O)N(C(C)CC)C2CCS(=O)(=O)C2)nc2sc(C)c(C)c2c1=O. The molecule has 10 heteroatoms. The molecule has 1 aliphatic rings. The lowest BCUT2D eigenvalue weighted by molar-refractivity contribution is -0.132. The van der Waals surface area contributed by atoms with Crippen molar-refractivity contribution in [1.82, 2.24) is 14.5 Å². The fourth-order valence-corrected chi connectivity index (χ4v) is 7.81. The van der Waals surface area contributed by atoms with Gasteiger partial charge in [0.1, 0.15) is 4.83 Å². The largest absolute Gasteiger partial charge is 0.335 e. The number of thioether (sulfide) groups is 1. The fourth-order valence-electron chi connectivity index (χ4n) is 4.13. The molecule has 3 rings (SSSR count). The molecule has 1 aliphatic heterocycles. The van der Waals surface area contributed by atoms with E-state index in [9.17, 15) is 18.0 Å². The van der Waals surface area contributed by atoms with Crippen molar-refractivity contribution in [2.45, 2.75) is 84.1 Å². The lowest BCUT2D eigenvalue weighted by Crippen LogP contribution is -2.47. The molecule has 32 heavy (non-hydrogen) atoms. The maximum atomic E-state index is 13.3. The molecule has 0 bridgehead atoms. The smallest absolute Gasteiger partial charge is 0.263 e. The first-order valence-electron chi connectivity index (χ1n) is 11.2. The van der Waals surface area contributed by atoms with Gasteiger partial charge in [0.25, 0.3) is 5.56 Å². The van der Waals surface area contributed by atoms with E-state index in [2.05, 4.69) is 6.92 Å². The lowest BCUT2D eigenvalue weighted by atomic mass is 10.1. The van der Waals surface area contributed by atoms with Crippen LogP contribution in [0.1, 0.15) is 56.9 Å². The second-order valence-electron chi connectivity index (χ2n) is 8.57. The Balaban J connectivity index is 1.89. The molecule has 178 valence electrons. The molecular weight excluding hydrogens is 466 g/mol. The Bertz CT molecular complexity index is 1150. The molecule has 0 aliphatic carbocycles. The number of aryl methyl sites for hydroxylation is 2. The molecule has 1 amide bonds. The number of hydrogen-bond donors (Lipinski definition) is 0. The van der Waals surface area contributed by atoms with Gasteiger partial charge in [-0.15, -0.1) is 11.3 Å². The Kier molecular flexibility index (Phi) is 8.09. The summed E-state index contributed by atoms with van der Waals surface area (Å²) in [5, 5.41) is 1.24.